The monoisotopic (exact) mass is 357 g/mol. The molecular formula is C20H27N3O3. The van der Waals surface area contributed by atoms with Gasteiger partial charge in [0.25, 0.3) is 0 Å². The van der Waals surface area contributed by atoms with Gasteiger partial charge in [-0.1, -0.05) is 18.2 Å². The molecule has 0 fully saturated rings. The molecule has 0 spiro atoms. The Morgan fingerprint density at radius 2 is 1.73 bits per heavy atom. The summed E-state index contributed by atoms with van der Waals surface area (Å²) in [5.41, 5.74) is 0.710. The van der Waals surface area contributed by atoms with Gasteiger partial charge in [0.1, 0.15) is 5.75 Å². The third-order valence-corrected chi connectivity index (χ3v) is 3.72. The second-order valence-electron chi connectivity index (χ2n) is 7.47. The molecule has 6 heteroatoms. The number of fused-ring (bicyclic) bond motifs is 1. The first-order chi connectivity index (χ1) is 12.2. The lowest BCUT2D eigenvalue weighted by molar-refractivity contribution is -0.121. The Bertz CT molecular complexity index is 796. The number of rotatable bonds is 5. The molecule has 0 bridgehead atoms. The molecule has 0 aliphatic carbocycles. The van der Waals surface area contributed by atoms with Gasteiger partial charge in [0, 0.05) is 12.1 Å². The third-order valence-electron chi connectivity index (χ3n) is 3.72. The van der Waals surface area contributed by atoms with E-state index >= 15 is 0 Å². The highest BCUT2D eigenvalue weighted by molar-refractivity contribution is 5.95. The molecule has 0 saturated carbocycles. The van der Waals surface area contributed by atoms with Crippen LogP contribution in [-0.4, -0.2) is 43.1 Å². The SMILES string of the molecule is COc1ccc2cc(CN(C)CC(=O)NC(=O)NC(C)(C)C)ccc2c1. The molecule has 2 rings (SSSR count). The predicted molar refractivity (Wildman–Crippen MR) is 103 cm³/mol. The van der Waals surface area contributed by atoms with Gasteiger partial charge < -0.3 is 10.1 Å². The number of ether oxygens (including phenoxy) is 1. The second kappa shape index (κ2) is 8.19. The topological polar surface area (TPSA) is 70.7 Å². The van der Waals surface area contributed by atoms with Crippen LogP contribution in [0.1, 0.15) is 26.3 Å². The minimum atomic E-state index is -0.476. The van der Waals surface area contributed by atoms with Gasteiger partial charge in [-0.2, -0.15) is 0 Å². The number of hydrogen-bond acceptors (Lipinski definition) is 4. The van der Waals surface area contributed by atoms with Crippen LogP contribution >= 0.6 is 0 Å². The molecule has 0 aliphatic heterocycles. The molecule has 26 heavy (non-hydrogen) atoms. The van der Waals surface area contributed by atoms with Crippen molar-refractivity contribution < 1.29 is 14.3 Å². The van der Waals surface area contributed by atoms with Crippen LogP contribution in [0.5, 0.6) is 5.75 Å². The third kappa shape index (κ3) is 6.04. The smallest absolute Gasteiger partial charge is 0.321 e. The Kier molecular flexibility index (Phi) is 6.21. The van der Waals surface area contributed by atoms with E-state index in [0.717, 1.165) is 22.1 Å². The molecule has 0 radical (unpaired) electrons. The maximum absolute atomic E-state index is 12.0. The Balaban J connectivity index is 1.92. The fourth-order valence-electron chi connectivity index (χ4n) is 2.65. The summed E-state index contributed by atoms with van der Waals surface area (Å²) in [6.45, 7) is 6.32. The van der Waals surface area contributed by atoms with Crippen LogP contribution in [0.2, 0.25) is 0 Å². The zero-order chi connectivity index (χ0) is 19.3. The minimum absolute atomic E-state index is 0.137. The van der Waals surface area contributed by atoms with Crippen molar-refractivity contribution in [2.75, 3.05) is 20.7 Å². The van der Waals surface area contributed by atoms with Gasteiger partial charge in [-0.15, -0.1) is 0 Å². The normalized spacial score (nSPS) is 11.5. The van der Waals surface area contributed by atoms with Gasteiger partial charge in [-0.25, -0.2) is 4.79 Å². The Hall–Kier alpha value is -2.60. The van der Waals surface area contributed by atoms with E-state index in [9.17, 15) is 9.59 Å². The molecule has 6 nitrogen and oxygen atoms in total. The molecule has 0 atom stereocenters. The molecule has 2 aromatic carbocycles. The Morgan fingerprint density at radius 1 is 1.08 bits per heavy atom. The van der Waals surface area contributed by atoms with Crippen molar-refractivity contribution in [3.8, 4) is 5.75 Å². The molecular weight excluding hydrogens is 330 g/mol. The summed E-state index contributed by atoms with van der Waals surface area (Å²) in [5.74, 6) is 0.493. The first-order valence-corrected chi connectivity index (χ1v) is 8.53. The predicted octanol–water partition coefficient (Wildman–Crippen LogP) is 2.90. The fourth-order valence-corrected chi connectivity index (χ4v) is 2.65. The molecule has 2 aromatic rings. The van der Waals surface area contributed by atoms with Gasteiger partial charge >= 0.3 is 6.03 Å². The number of hydrogen-bond donors (Lipinski definition) is 2. The van der Waals surface area contributed by atoms with Crippen LogP contribution in [-0.2, 0) is 11.3 Å². The van der Waals surface area contributed by atoms with Gasteiger partial charge in [-0.05, 0) is 62.4 Å². The molecule has 0 saturated heterocycles. The van der Waals surface area contributed by atoms with E-state index in [1.807, 2.05) is 63.1 Å². The van der Waals surface area contributed by atoms with Gasteiger partial charge in [0.05, 0.1) is 13.7 Å². The molecule has 0 heterocycles. The van der Waals surface area contributed by atoms with E-state index in [1.165, 1.54) is 0 Å². The first-order valence-electron chi connectivity index (χ1n) is 8.53. The number of carbonyl (C=O) groups excluding carboxylic acids is 2. The number of carbonyl (C=O) groups is 2. The number of benzene rings is 2. The van der Waals surface area contributed by atoms with Crippen LogP contribution in [0, 0.1) is 0 Å². The lowest BCUT2D eigenvalue weighted by Gasteiger charge is -2.21. The highest BCUT2D eigenvalue weighted by atomic mass is 16.5. The number of urea groups is 1. The molecule has 3 amide bonds. The highest BCUT2D eigenvalue weighted by Crippen LogP contribution is 2.22. The largest absolute Gasteiger partial charge is 0.497 e. The number of nitrogens with one attached hydrogen (secondary N) is 2. The molecule has 0 aliphatic rings. The number of likely N-dealkylation sites (N-methyl/N-ethyl adjacent to an activating group) is 1. The molecule has 140 valence electrons. The van der Waals surface area contributed by atoms with Crippen LogP contribution in [0.4, 0.5) is 4.79 Å². The molecule has 0 aromatic heterocycles. The summed E-state index contributed by atoms with van der Waals surface area (Å²) in [6.07, 6.45) is 0. The Morgan fingerprint density at radius 3 is 2.38 bits per heavy atom. The summed E-state index contributed by atoms with van der Waals surface area (Å²) in [4.78, 5) is 25.6. The van der Waals surface area contributed by atoms with Crippen molar-refractivity contribution >= 4 is 22.7 Å². The maximum atomic E-state index is 12.0. The molecule has 2 N–H and O–H groups in total. The number of methoxy groups -OCH3 is 1. The fraction of sp³-hybridized carbons (Fsp3) is 0.400. The van der Waals surface area contributed by atoms with Crippen molar-refractivity contribution in [2.45, 2.75) is 32.9 Å². The number of imide groups is 1. The van der Waals surface area contributed by atoms with E-state index in [0.29, 0.717) is 6.54 Å². The summed E-state index contributed by atoms with van der Waals surface area (Å²) >= 11 is 0. The quantitative estimate of drug-likeness (QED) is 0.863. The van der Waals surface area contributed by atoms with Crippen molar-refractivity contribution in [1.82, 2.24) is 15.5 Å². The standard InChI is InChI=1S/C20H27N3O3/c1-20(2,3)22-19(25)21-18(24)13-23(4)12-14-6-7-16-11-17(26-5)9-8-15(16)10-14/h6-11H,12-13H2,1-5H3,(H2,21,22,24,25). The van der Waals surface area contributed by atoms with E-state index in [4.69, 9.17) is 4.74 Å². The minimum Gasteiger partial charge on any atom is -0.497 e. The summed E-state index contributed by atoms with van der Waals surface area (Å²) in [7, 11) is 3.50. The lowest BCUT2D eigenvalue weighted by Crippen LogP contribution is -2.50. The highest BCUT2D eigenvalue weighted by Gasteiger charge is 2.16. The van der Waals surface area contributed by atoms with Crippen molar-refractivity contribution in [3.05, 3.63) is 42.0 Å². The van der Waals surface area contributed by atoms with Crippen molar-refractivity contribution in [1.29, 1.82) is 0 Å². The van der Waals surface area contributed by atoms with Crippen LogP contribution in [0.3, 0.4) is 0 Å². The van der Waals surface area contributed by atoms with Crippen LogP contribution in [0.15, 0.2) is 36.4 Å². The van der Waals surface area contributed by atoms with Crippen LogP contribution in [0.25, 0.3) is 10.8 Å². The van der Waals surface area contributed by atoms with E-state index in [1.54, 1.807) is 7.11 Å². The summed E-state index contributed by atoms with van der Waals surface area (Å²) in [5, 5.41) is 7.27. The number of amides is 3. The van der Waals surface area contributed by atoms with Crippen molar-refractivity contribution in [3.63, 3.8) is 0 Å². The van der Waals surface area contributed by atoms with Gasteiger partial charge in [0.2, 0.25) is 5.91 Å². The average molecular weight is 357 g/mol. The Labute approximate surface area is 154 Å². The summed E-state index contributed by atoms with van der Waals surface area (Å²) < 4.78 is 5.24. The lowest BCUT2D eigenvalue weighted by atomic mass is 10.1. The average Bonchev–Trinajstić information content (AvgIpc) is 2.51. The first kappa shape index (κ1) is 19.7. The van der Waals surface area contributed by atoms with Crippen molar-refractivity contribution in [2.24, 2.45) is 0 Å². The summed E-state index contributed by atoms with van der Waals surface area (Å²) in [6, 6.07) is 11.6. The zero-order valence-corrected chi connectivity index (χ0v) is 16.1. The van der Waals surface area contributed by atoms with E-state index < -0.39 is 6.03 Å². The second-order valence-corrected chi connectivity index (χ2v) is 7.47. The van der Waals surface area contributed by atoms with E-state index in [2.05, 4.69) is 16.7 Å². The molecule has 0 unspecified atom stereocenters. The maximum Gasteiger partial charge on any atom is 0.321 e. The van der Waals surface area contributed by atoms with E-state index in [-0.39, 0.29) is 18.0 Å². The zero-order valence-electron chi connectivity index (χ0n) is 16.1. The van der Waals surface area contributed by atoms with Gasteiger partial charge in [0.15, 0.2) is 0 Å². The van der Waals surface area contributed by atoms with Gasteiger partial charge in [-0.3, -0.25) is 15.0 Å². The number of nitrogens with zero attached hydrogens (tertiary/aromatic N) is 1. The van der Waals surface area contributed by atoms with Crippen LogP contribution < -0.4 is 15.4 Å².